The van der Waals surface area contributed by atoms with Crippen molar-refractivity contribution in [1.82, 2.24) is 10.3 Å². The average molecular weight is 282 g/mol. The van der Waals surface area contributed by atoms with Crippen LogP contribution in [0.3, 0.4) is 0 Å². The number of hydrogen-bond donors (Lipinski definition) is 1. The molecule has 1 aromatic carbocycles. The Kier molecular flexibility index (Phi) is 5.51. The van der Waals surface area contributed by atoms with Gasteiger partial charge in [0.15, 0.2) is 0 Å². The molecule has 1 N–H and O–H groups in total. The summed E-state index contributed by atoms with van der Waals surface area (Å²) in [6.07, 6.45) is 3.07. The molecule has 0 saturated heterocycles. The molecular weight excluding hydrogens is 256 g/mol. The molecule has 112 valence electrons. The molecule has 1 atom stereocenters. The van der Waals surface area contributed by atoms with E-state index in [0.29, 0.717) is 12.0 Å². The molecule has 1 heterocycles. The van der Waals surface area contributed by atoms with Gasteiger partial charge in [-0.25, -0.2) is 0 Å². The predicted octanol–water partition coefficient (Wildman–Crippen LogP) is 4.44. The van der Waals surface area contributed by atoms with Crippen molar-refractivity contribution in [2.24, 2.45) is 5.92 Å². The first-order valence-corrected chi connectivity index (χ1v) is 7.78. The zero-order chi connectivity index (χ0) is 15.2. The summed E-state index contributed by atoms with van der Waals surface area (Å²) in [6.45, 7) is 9.58. The third kappa shape index (κ3) is 4.98. The number of rotatable bonds is 6. The first-order chi connectivity index (χ1) is 10.0. The fourth-order valence-electron chi connectivity index (χ4n) is 2.39. The number of aromatic nitrogens is 1. The number of benzene rings is 1. The van der Waals surface area contributed by atoms with Crippen LogP contribution in [0.25, 0.3) is 0 Å². The van der Waals surface area contributed by atoms with E-state index >= 15 is 0 Å². The SMILES string of the molecule is Cc1ccc(CNC(C)c2ccc(CC(C)C)cc2)nc1. The molecule has 0 aliphatic rings. The van der Waals surface area contributed by atoms with Gasteiger partial charge in [0.25, 0.3) is 0 Å². The summed E-state index contributed by atoms with van der Waals surface area (Å²) in [4.78, 5) is 4.43. The summed E-state index contributed by atoms with van der Waals surface area (Å²) in [7, 11) is 0. The second-order valence-corrected chi connectivity index (χ2v) is 6.27. The lowest BCUT2D eigenvalue weighted by Crippen LogP contribution is -2.18. The molecule has 2 aromatic rings. The quantitative estimate of drug-likeness (QED) is 0.847. The number of hydrogen-bond acceptors (Lipinski definition) is 2. The number of pyridine rings is 1. The second-order valence-electron chi connectivity index (χ2n) is 6.27. The van der Waals surface area contributed by atoms with Gasteiger partial charge < -0.3 is 5.32 Å². The Labute approximate surface area is 128 Å². The van der Waals surface area contributed by atoms with Crippen LogP contribution in [0, 0.1) is 12.8 Å². The van der Waals surface area contributed by atoms with Crippen molar-refractivity contribution in [2.75, 3.05) is 0 Å². The Balaban J connectivity index is 1.90. The summed E-state index contributed by atoms with van der Waals surface area (Å²) in [6, 6.07) is 13.5. The molecule has 0 amide bonds. The molecular formula is C19H26N2. The Hall–Kier alpha value is -1.67. The Morgan fingerprint density at radius 2 is 1.71 bits per heavy atom. The van der Waals surface area contributed by atoms with Crippen LogP contribution < -0.4 is 5.32 Å². The van der Waals surface area contributed by atoms with Crippen LogP contribution in [0.15, 0.2) is 42.6 Å². The van der Waals surface area contributed by atoms with Crippen molar-refractivity contribution >= 4 is 0 Å². The Morgan fingerprint density at radius 3 is 2.29 bits per heavy atom. The minimum atomic E-state index is 0.334. The van der Waals surface area contributed by atoms with E-state index in [0.717, 1.165) is 18.7 Å². The summed E-state index contributed by atoms with van der Waals surface area (Å²) >= 11 is 0. The van der Waals surface area contributed by atoms with Gasteiger partial charge in [0.2, 0.25) is 0 Å². The number of nitrogens with one attached hydrogen (secondary N) is 1. The third-order valence-electron chi connectivity index (χ3n) is 3.69. The van der Waals surface area contributed by atoms with Gasteiger partial charge in [0.05, 0.1) is 5.69 Å². The van der Waals surface area contributed by atoms with Crippen LogP contribution in [-0.4, -0.2) is 4.98 Å². The van der Waals surface area contributed by atoms with E-state index in [-0.39, 0.29) is 0 Å². The zero-order valence-corrected chi connectivity index (χ0v) is 13.6. The Morgan fingerprint density at radius 1 is 1.00 bits per heavy atom. The van der Waals surface area contributed by atoms with E-state index in [2.05, 4.69) is 74.4 Å². The normalized spacial score (nSPS) is 12.6. The highest BCUT2D eigenvalue weighted by Crippen LogP contribution is 2.16. The fourth-order valence-corrected chi connectivity index (χ4v) is 2.39. The first-order valence-electron chi connectivity index (χ1n) is 7.78. The van der Waals surface area contributed by atoms with Gasteiger partial charge in [-0.15, -0.1) is 0 Å². The number of aryl methyl sites for hydroxylation is 1. The topological polar surface area (TPSA) is 24.9 Å². The molecule has 0 saturated carbocycles. The Bertz CT molecular complexity index is 541. The molecule has 2 rings (SSSR count). The van der Waals surface area contributed by atoms with Crippen molar-refractivity contribution in [3.63, 3.8) is 0 Å². The fraction of sp³-hybridized carbons (Fsp3) is 0.421. The van der Waals surface area contributed by atoms with E-state index in [4.69, 9.17) is 0 Å². The van der Waals surface area contributed by atoms with Crippen LogP contribution in [0.4, 0.5) is 0 Å². The molecule has 0 aliphatic heterocycles. The van der Waals surface area contributed by atoms with Crippen LogP contribution in [0.5, 0.6) is 0 Å². The second kappa shape index (κ2) is 7.37. The van der Waals surface area contributed by atoms with Crippen LogP contribution in [0.1, 0.15) is 49.2 Å². The smallest absolute Gasteiger partial charge is 0.0542 e. The molecule has 0 radical (unpaired) electrons. The summed E-state index contributed by atoms with van der Waals surface area (Å²) in [5, 5.41) is 3.53. The van der Waals surface area contributed by atoms with Gasteiger partial charge in [0, 0.05) is 18.8 Å². The minimum Gasteiger partial charge on any atom is -0.305 e. The standard InChI is InChI=1S/C19H26N2/c1-14(2)11-17-6-8-18(9-7-17)16(4)20-13-19-10-5-15(3)12-21-19/h5-10,12,14,16,20H,11,13H2,1-4H3. The predicted molar refractivity (Wildman–Crippen MR) is 89.2 cm³/mol. The van der Waals surface area contributed by atoms with Gasteiger partial charge >= 0.3 is 0 Å². The lowest BCUT2D eigenvalue weighted by Gasteiger charge is -2.15. The molecule has 1 aromatic heterocycles. The number of nitrogens with zero attached hydrogens (tertiary/aromatic N) is 1. The monoisotopic (exact) mass is 282 g/mol. The molecule has 0 fully saturated rings. The van der Waals surface area contributed by atoms with Crippen molar-refractivity contribution in [3.8, 4) is 0 Å². The minimum absolute atomic E-state index is 0.334. The van der Waals surface area contributed by atoms with Gasteiger partial charge in [-0.05, 0) is 48.9 Å². The highest BCUT2D eigenvalue weighted by molar-refractivity contribution is 5.25. The first kappa shape index (κ1) is 15.7. The summed E-state index contributed by atoms with van der Waals surface area (Å²) in [5.41, 5.74) is 5.03. The van der Waals surface area contributed by atoms with Gasteiger partial charge in [-0.3, -0.25) is 4.98 Å². The van der Waals surface area contributed by atoms with Gasteiger partial charge in [-0.2, -0.15) is 0 Å². The van der Waals surface area contributed by atoms with Crippen molar-refractivity contribution in [1.29, 1.82) is 0 Å². The molecule has 0 spiro atoms. The van der Waals surface area contributed by atoms with Crippen molar-refractivity contribution in [3.05, 3.63) is 65.0 Å². The van der Waals surface area contributed by atoms with Crippen molar-refractivity contribution in [2.45, 2.75) is 46.7 Å². The maximum Gasteiger partial charge on any atom is 0.0542 e. The largest absolute Gasteiger partial charge is 0.305 e. The highest BCUT2D eigenvalue weighted by Gasteiger charge is 2.06. The van der Waals surface area contributed by atoms with E-state index in [9.17, 15) is 0 Å². The van der Waals surface area contributed by atoms with Gasteiger partial charge in [0.1, 0.15) is 0 Å². The van der Waals surface area contributed by atoms with E-state index < -0.39 is 0 Å². The maximum atomic E-state index is 4.43. The molecule has 2 heteroatoms. The molecule has 0 aliphatic carbocycles. The summed E-state index contributed by atoms with van der Waals surface area (Å²) in [5.74, 6) is 0.707. The van der Waals surface area contributed by atoms with Gasteiger partial charge in [-0.1, -0.05) is 44.2 Å². The molecule has 1 unspecified atom stereocenters. The van der Waals surface area contributed by atoms with E-state index in [1.165, 1.54) is 16.7 Å². The lowest BCUT2D eigenvalue weighted by atomic mass is 10.00. The van der Waals surface area contributed by atoms with E-state index in [1.807, 2.05) is 6.20 Å². The van der Waals surface area contributed by atoms with Crippen LogP contribution >= 0.6 is 0 Å². The maximum absolute atomic E-state index is 4.43. The average Bonchev–Trinajstić information content (AvgIpc) is 2.46. The van der Waals surface area contributed by atoms with Crippen LogP contribution in [0.2, 0.25) is 0 Å². The third-order valence-corrected chi connectivity index (χ3v) is 3.69. The summed E-state index contributed by atoms with van der Waals surface area (Å²) < 4.78 is 0. The highest BCUT2D eigenvalue weighted by atomic mass is 14.9. The molecule has 21 heavy (non-hydrogen) atoms. The molecule has 2 nitrogen and oxygen atoms in total. The van der Waals surface area contributed by atoms with E-state index in [1.54, 1.807) is 0 Å². The molecule has 0 bridgehead atoms. The van der Waals surface area contributed by atoms with Crippen LogP contribution in [-0.2, 0) is 13.0 Å². The zero-order valence-electron chi connectivity index (χ0n) is 13.6. The van der Waals surface area contributed by atoms with Crippen molar-refractivity contribution < 1.29 is 0 Å². The lowest BCUT2D eigenvalue weighted by molar-refractivity contribution is 0.567.